The summed E-state index contributed by atoms with van der Waals surface area (Å²) in [5, 5.41) is 15.0. The van der Waals surface area contributed by atoms with Gasteiger partial charge in [0.15, 0.2) is 0 Å². The molecule has 0 saturated carbocycles. The number of carbonyl (C=O) groups is 1. The number of nitro groups is 1. The molecule has 3 rings (SSSR count). The highest BCUT2D eigenvalue weighted by Gasteiger charge is 2.24. The summed E-state index contributed by atoms with van der Waals surface area (Å²) in [5.74, 6) is -0.796. The number of benzene rings is 1. The topological polar surface area (TPSA) is 135 Å². The zero-order valence-corrected chi connectivity index (χ0v) is 15.3. The van der Waals surface area contributed by atoms with Gasteiger partial charge in [-0.1, -0.05) is 17.7 Å². The second-order valence-electron chi connectivity index (χ2n) is 5.55. The maximum atomic E-state index is 12.1. The monoisotopic (exact) mass is 399 g/mol. The van der Waals surface area contributed by atoms with Gasteiger partial charge < -0.3 is 5.32 Å². The van der Waals surface area contributed by atoms with Gasteiger partial charge in [0.25, 0.3) is 5.91 Å². The molecule has 0 radical (unpaired) electrons. The number of nitrogens with one attached hydrogen (secondary N) is 3. The van der Waals surface area contributed by atoms with Crippen molar-refractivity contribution in [1.29, 1.82) is 0 Å². The first-order chi connectivity index (χ1) is 13.5. The van der Waals surface area contributed by atoms with Crippen LogP contribution in [0.5, 0.6) is 0 Å². The first kappa shape index (κ1) is 19.0. The summed E-state index contributed by atoms with van der Waals surface area (Å²) in [6.45, 7) is 1.80. The van der Waals surface area contributed by atoms with Crippen LogP contribution in [0.4, 0.5) is 23.0 Å². The average molecular weight is 400 g/mol. The summed E-state index contributed by atoms with van der Waals surface area (Å²) in [6, 6.07) is 9.85. The Morgan fingerprint density at radius 3 is 2.61 bits per heavy atom. The molecule has 0 bridgehead atoms. The predicted molar refractivity (Wildman–Crippen MR) is 103 cm³/mol. The van der Waals surface area contributed by atoms with E-state index in [1.165, 1.54) is 12.3 Å². The number of aryl methyl sites for hydroxylation is 1. The Labute approximate surface area is 164 Å². The molecule has 1 aromatic carbocycles. The van der Waals surface area contributed by atoms with E-state index >= 15 is 0 Å². The lowest BCUT2D eigenvalue weighted by atomic mass is 10.2. The summed E-state index contributed by atoms with van der Waals surface area (Å²) in [5.41, 5.74) is 5.86. The number of nitrogens with zero attached hydrogens (tertiary/aromatic N) is 4. The standard InChI is InChI=1S/C17H14ClN7O3/c1-10-8-11(18)5-6-12(10)22-15-14(25(27)28)16(21-9-20-15)23-24-17(26)13-4-2-3-7-19-13/h2-9H,1H3,(H,24,26)(H2,20,21,22,23). The van der Waals surface area contributed by atoms with Crippen molar-refractivity contribution in [1.82, 2.24) is 20.4 Å². The number of aromatic nitrogens is 3. The van der Waals surface area contributed by atoms with Crippen molar-refractivity contribution in [2.45, 2.75) is 6.92 Å². The Morgan fingerprint density at radius 2 is 1.93 bits per heavy atom. The van der Waals surface area contributed by atoms with E-state index in [9.17, 15) is 14.9 Å². The molecule has 0 unspecified atom stereocenters. The SMILES string of the molecule is Cc1cc(Cl)ccc1Nc1ncnc(NNC(=O)c2ccccn2)c1[N+](=O)[O-]. The first-order valence-electron chi connectivity index (χ1n) is 7.95. The largest absolute Gasteiger partial charge is 0.355 e. The number of carbonyl (C=O) groups excluding carboxylic acids is 1. The van der Waals surface area contributed by atoms with Crippen molar-refractivity contribution >= 4 is 40.5 Å². The van der Waals surface area contributed by atoms with Crippen molar-refractivity contribution < 1.29 is 9.72 Å². The molecule has 3 aromatic rings. The van der Waals surface area contributed by atoms with Crippen LogP contribution in [0, 0.1) is 17.0 Å². The molecule has 0 aliphatic carbocycles. The third kappa shape index (κ3) is 4.30. The van der Waals surface area contributed by atoms with Gasteiger partial charge in [-0.05, 0) is 42.8 Å². The van der Waals surface area contributed by atoms with Gasteiger partial charge in [-0.3, -0.25) is 30.7 Å². The summed E-state index contributed by atoms with van der Waals surface area (Å²) in [7, 11) is 0. The maximum Gasteiger partial charge on any atom is 0.355 e. The van der Waals surface area contributed by atoms with E-state index in [0.717, 1.165) is 11.9 Å². The Kier molecular flexibility index (Phi) is 5.61. The molecule has 0 spiro atoms. The molecule has 3 N–H and O–H groups in total. The molecule has 0 saturated heterocycles. The van der Waals surface area contributed by atoms with Crippen LogP contribution in [0.1, 0.15) is 16.1 Å². The van der Waals surface area contributed by atoms with Gasteiger partial charge in [0, 0.05) is 16.9 Å². The quantitative estimate of drug-likeness (QED) is 0.424. The second kappa shape index (κ2) is 8.27. The predicted octanol–water partition coefficient (Wildman–Crippen LogP) is 3.24. The highest BCUT2D eigenvalue weighted by molar-refractivity contribution is 6.30. The average Bonchev–Trinajstić information content (AvgIpc) is 2.68. The van der Waals surface area contributed by atoms with E-state index in [0.29, 0.717) is 10.7 Å². The van der Waals surface area contributed by atoms with Gasteiger partial charge in [0.1, 0.15) is 12.0 Å². The van der Waals surface area contributed by atoms with E-state index in [4.69, 9.17) is 11.6 Å². The minimum atomic E-state index is -0.650. The molecule has 142 valence electrons. The molecule has 0 fully saturated rings. The number of hydrogen-bond acceptors (Lipinski definition) is 8. The third-order valence-electron chi connectivity index (χ3n) is 3.64. The highest BCUT2D eigenvalue weighted by Crippen LogP contribution is 2.32. The Hall–Kier alpha value is -3.79. The zero-order valence-electron chi connectivity index (χ0n) is 14.5. The van der Waals surface area contributed by atoms with Gasteiger partial charge >= 0.3 is 5.69 Å². The van der Waals surface area contributed by atoms with Crippen molar-refractivity contribution in [2.24, 2.45) is 0 Å². The molecule has 11 heteroatoms. The van der Waals surface area contributed by atoms with Crippen molar-refractivity contribution in [3.8, 4) is 0 Å². The first-order valence-corrected chi connectivity index (χ1v) is 8.33. The van der Waals surface area contributed by atoms with Crippen LogP contribution in [0.25, 0.3) is 0 Å². The fourth-order valence-corrected chi connectivity index (χ4v) is 2.53. The molecular formula is C17H14ClN7O3. The number of anilines is 3. The van der Waals surface area contributed by atoms with Crippen LogP contribution >= 0.6 is 11.6 Å². The van der Waals surface area contributed by atoms with E-state index < -0.39 is 16.5 Å². The molecule has 1 amide bonds. The van der Waals surface area contributed by atoms with Gasteiger partial charge in [-0.15, -0.1) is 0 Å². The Balaban J connectivity index is 1.85. The second-order valence-corrected chi connectivity index (χ2v) is 5.99. The smallest absolute Gasteiger partial charge is 0.334 e. The number of rotatable bonds is 6. The maximum absolute atomic E-state index is 12.1. The number of hydrogen-bond donors (Lipinski definition) is 3. The van der Waals surface area contributed by atoms with Crippen molar-refractivity contribution in [2.75, 3.05) is 10.7 Å². The Morgan fingerprint density at radius 1 is 1.14 bits per heavy atom. The van der Waals surface area contributed by atoms with Gasteiger partial charge in [-0.2, -0.15) is 0 Å². The van der Waals surface area contributed by atoms with Gasteiger partial charge in [0.2, 0.25) is 11.6 Å². The third-order valence-corrected chi connectivity index (χ3v) is 3.87. The molecule has 2 heterocycles. The lowest BCUT2D eigenvalue weighted by Gasteiger charge is -2.12. The number of amides is 1. The van der Waals surface area contributed by atoms with Crippen LogP contribution in [0.2, 0.25) is 5.02 Å². The molecule has 0 aliphatic heterocycles. The summed E-state index contributed by atoms with van der Waals surface area (Å²) in [6.07, 6.45) is 2.59. The molecule has 0 atom stereocenters. The van der Waals surface area contributed by atoms with Crippen molar-refractivity contribution in [3.63, 3.8) is 0 Å². The fraction of sp³-hybridized carbons (Fsp3) is 0.0588. The van der Waals surface area contributed by atoms with Crippen molar-refractivity contribution in [3.05, 3.63) is 75.3 Å². The fourth-order valence-electron chi connectivity index (χ4n) is 2.31. The molecule has 0 aliphatic rings. The minimum absolute atomic E-state index is 0.0417. The lowest BCUT2D eigenvalue weighted by molar-refractivity contribution is -0.383. The summed E-state index contributed by atoms with van der Waals surface area (Å²) in [4.78, 5) is 34.7. The summed E-state index contributed by atoms with van der Waals surface area (Å²) < 4.78 is 0. The Bertz CT molecular complexity index is 1030. The zero-order chi connectivity index (χ0) is 20.1. The minimum Gasteiger partial charge on any atom is -0.334 e. The van der Waals surface area contributed by atoms with Crippen LogP contribution in [-0.4, -0.2) is 25.8 Å². The molecule has 10 nitrogen and oxygen atoms in total. The van der Waals surface area contributed by atoms with Gasteiger partial charge in [-0.25, -0.2) is 9.97 Å². The van der Waals surface area contributed by atoms with Crippen LogP contribution in [0.15, 0.2) is 48.9 Å². The molecule has 28 heavy (non-hydrogen) atoms. The van der Waals surface area contributed by atoms with E-state index in [1.54, 1.807) is 37.3 Å². The van der Waals surface area contributed by atoms with Crippen LogP contribution < -0.4 is 16.2 Å². The number of halogens is 1. The highest BCUT2D eigenvalue weighted by atomic mass is 35.5. The van der Waals surface area contributed by atoms with E-state index in [1.807, 2.05) is 0 Å². The normalized spacial score (nSPS) is 10.2. The molecule has 2 aromatic heterocycles. The van der Waals surface area contributed by atoms with Crippen LogP contribution in [-0.2, 0) is 0 Å². The lowest BCUT2D eigenvalue weighted by Crippen LogP contribution is -2.31. The van der Waals surface area contributed by atoms with E-state index in [-0.39, 0.29) is 17.3 Å². The van der Waals surface area contributed by atoms with E-state index in [2.05, 4.69) is 31.1 Å². The summed E-state index contributed by atoms with van der Waals surface area (Å²) >= 11 is 5.93. The number of pyridine rings is 1. The van der Waals surface area contributed by atoms with Gasteiger partial charge in [0.05, 0.1) is 4.92 Å². The van der Waals surface area contributed by atoms with Crippen LogP contribution in [0.3, 0.4) is 0 Å². The number of hydrazine groups is 1. The molecular weight excluding hydrogens is 386 g/mol.